The summed E-state index contributed by atoms with van der Waals surface area (Å²) in [6.45, 7) is 0.270. The molecule has 0 N–H and O–H groups in total. The third-order valence-electron chi connectivity index (χ3n) is 2.70. The van der Waals surface area contributed by atoms with Gasteiger partial charge in [0.15, 0.2) is 0 Å². The number of nitro groups is 1. The summed E-state index contributed by atoms with van der Waals surface area (Å²) in [6.07, 6.45) is 2.30. The summed E-state index contributed by atoms with van der Waals surface area (Å²) in [5.74, 6) is 0.297. The third kappa shape index (κ3) is 1.68. The van der Waals surface area contributed by atoms with Crippen molar-refractivity contribution < 1.29 is 14.5 Å². The van der Waals surface area contributed by atoms with Crippen LogP contribution in [0.1, 0.15) is 12.8 Å². The molecule has 0 bridgehead atoms. The van der Waals surface area contributed by atoms with Crippen molar-refractivity contribution in [1.29, 1.82) is 0 Å². The first-order valence-corrected chi connectivity index (χ1v) is 4.62. The van der Waals surface area contributed by atoms with E-state index in [0.717, 1.165) is 5.57 Å². The van der Waals surface area contributed by atoms with Gasteiger partial charge in [0, 0.05) is 23.7 Å². The van der Waals surface area contributed by atoms with Crippen LogP contribution in [0, 0.1) is 16.0 Å². The Labute approximate surface area is 80.9 Å². The number of rotatable bonds is 2. The first kappa shape index (κ1) is 9.33. The highest BCUT2D eigenvalue weighted by Crippen LogP contribution is 2.33. The number of carbonyl (C=O) groups is 1. The first-order chi connectivity index (χ1) is 6.66. The second kappa shape index (κ2) is 3.49. The van der Waals surface area contributed by atoms with Crippen LogP contribution in [0.3, 0.4) is 0 Å². The molecule has 0 aromatic heterocycles. The molecule has 76 valence electrons. The lowest BCUT2D eigenvalue weighted by Gasteiger charge is -2.15. The number of hydrogen-bond acceptors (Lipinski definition) is 4. The van der Waals surface area contributed by atoms with Crippen LogP contribution in [-0.2, 0) is 9.53 Å². The molecule has 2 atom stereocenters. The van der Waals surface area contributed by atoms with Crippen LogP contribution in [0.5, 0.6) is 0 Å². The van der Waals surface area contributed by atoms with Gasteiger partial charge in [0.2, 0.25) is 6.54 Å². The Kier molecular flexibility index (Phi) is 2.33. The Morgan fingerprint density at radius 2 is 2.43 bits per heavy atom. The molecule has 0 radical (unpaired) electrons. The molecule has 1 heterocycles. The third-order valence-corrected chi connectivity index (χ3v) is 2.70. The fraction of sp³-hybridized carbons (Fsp3) is 0.667. The lowest BCUT2D eigenvalue weighted by Crippen LogP contribution is -2.23. The lowest BCUT2D eigenvalue weighted by molar-refractivity contribution is -0.488. The lowest BCUT2D eigenvalue weighted by atomic mass is 9.87. The molecule has 0 aromatic rings. The average Bonchev–Trinajstić information content (AvgIpc) is 2.47. The number of ether oxygens (including phenoxy) is 1. The van der Waals surface area contributed by atoms with Gasteiger partial charge in [-0.05, 0) is 5.57 Å². The molecule has 1 saturated heterocycles. The van der Waals surface area contributed by atoms with E-state index in [9.17, 15) is 14.9 Å². The standard InChI is InChI=1S/C9H11NO4/c11-7-1-2-8-6(3-7)5-14-9(8)4-10(12)13/h2,6,9H,1,3-5H2/t6-,9-/m1/s1. The molecular weight excluding hydrogens is 186 g/mol. The normalized spacial score (nSPS) is 31.1. The van der Waals surface area contributed by atoms with E-state index in [4.69, 9.17) is 4.74 Å². The average molecular weight is 197 g/mol. The number of nitrogens with zero attached hydrogens (tertiary/aromatic N) is 1. The predicted octanol–water partition coefficient (Wildman–Crippen LogP) is 0.567. The van der Waals surface area contributed by atoms with E-state index in [1.807, 2.05) is 0 Å². The number of ketones is 1. The summed E-state index contributed by atoms with van der Waals surface area (Å²) in [6, 6.07) is 0. The summed E-state index contributed by atoms with van der Waals surface area (Å²) >= 11 is 0. The van der Waals surface area contributed by atoms with Gasteiger partial charge in [-0.15, -0.1) is 0 Å². The Hall–Kier alpha value is -1.23. The largest absolute Gasteiger partial charge is 0.366 e. The van der Waals surface area contributed by atoms with E-state index < -0.39 is 6.10 Å². The van der Waals surface area contributed by atoms with E-state index in [1.54, 1.807) is 6.08 Å². The number of fused-ring (bicyclic) bond motifs is 1. The first-order valence-electron chi connectivity index (χ1n) is 4.62. The van der Waals surface area contributed by atoms with Crippen molar-refractivity contribution in [2.45, 2.75) is 18.9 Å². The van der Waals surface area contributed by atoms with E-state index >= 15 is 0 Å². The van der Waals surface area contributed by atoms with Crippen molar-refractivity contribution in [1.82, 2.24) is 0 Å². The van der Waals surface area contributed by atoms with Crippen LogP contribution >= 0.6 is 0 Å². The summed E-state index contributed by atoms with van der Waals surface area (Å²) in [5, 5.41) is 10.3. The molecule has 1 aliphatic carbocycles. The van der Waals surface area contributed by atoms with Crippen LogP contribution < -0.4 is 0 Å². The van der Waals surface area contributed by atoms with Gasteiger partial charge < -0.3 is 4.74 Å². The predicted molar refractivity (Wildman–Crippen MR) is 47.4 cm³/mol. The molecule has 5 nitrogen and oxygen atoms in total. The zero-order valence-electron chi connectivity index (χ0n) is 7.64. The molecule has 2 aliphatic rings. The topological polar surface area (TPSA) is 69.4 Å². The maximum atomic E-state index is 11.1. The molecule has 14 heavy (non-hydrogen) atoms. The minimum Gasteiger partial charge on any atom is -0.366 e. The molecule has 1 fully saturated rings. The molecule has 0 aromatic carbocycles. The summed E-state index contributed by atoms with van der Waals surface area (Å²) in [5.41, 5.74) is 0.960. The van der Waals surface area contributed by atoms with Gasteiger partial charge in [-0.2, -0.15) is 0 Å². The van der Waals surface area contributed by atoms with Crippen LogP contribution in [0.25, 0.3) is 0 Å². The Balaban J connectivity index is 2.10. The van der Waals surface area contributed by atoms with Gasteiger partial charge in [0.25, 0.3) is 0 Å². The fourth-order valence-electron chi connectivity index (χ4n) is 2.05. The van der Waals surface area contributed by atoms with E-state index in [1.165, 1.54) is 0 Å². The van der Waals surface area contributed by atoms with Crippen LogP contribution in [0.4, 0.5) is 0 Å². The summed E-state index contributed by atoms with van der Waals surface area (Å²) in [4.78, 5) is 21.1. The van der Waals surface area contributed by atoms with Crippen molar-refractivity contribution in [2.24, 2.45) is 5.92 Å². The molecule has 0 unspecified atom stereocenters. The Morgan fingerprint density at radius 1 is 1.64 bits per heavy atom. The minimum absolute atomic E-state index is 0.0983. The van der Waals surface area contributed by atoms with Crippen molar-refractivity contribution in [3.8, 4) is 0 Å². The van der Waals surface area contributed by atoms with Crippen LogP contribution in [0.2, 0.25) is 0 Å². The van der Waals surface area contributed by atoms with Gasteiger partial charge >= 0.3 is 0 Å². The quantitative estimate of drug-likeness (QED) is 0.368. The molecule has 0 saturated carbocycles. The second-order valence-corrected chi connectivity index (χ2v) is 3.69. The van der Waals surface area contributed by atoms with Gasteiger partial charge in [-0.3, -0.25) is 14.9 Å². The van der Waals surface area contributed by atoms with E-state index in [-0.39, 0.29) is 23.2 Å². The van der Waals surface area contributed by atoms with Gasteiger partial charge in [-0.25, -0.2) is 0 Å². The highest BCUT2D eigenvalue weighted by atomic mass is 16.6. The fourth-order valence-corrected chi connectivity index (χ4v) is 2.05. The minimum atomic E-state index is -0.400. The smallest absolute Gasteiger partial charge is 0.233 e. The monoisotopic (exact) mass is 197 g/mol. The maximum Gasteiger partial charge on any atom is 0.233 e. The molecule has 0 spiro atoms. The number of Topliss-reactive ketones (excluding diaryl/α,β-unsaturated/α-hetero) is 1. The van der Waals surface area contributed by atoms with Gasteiger partial charge in [0.05, 0.1) is 6.61 Å². The van der Waals surface area contributed by atoms with Crippen molar-refractivity contribution in [3.63, 3.8) is 0 Å². The zero-order valence-corrected chi connectivity index (χ0v) is 7.64. The molecule has 5 heteroatoms. The Bertz CT molecular complexity index is 310. The van der Waals surface area contributed by atoms with Crippen LogP contribution in [0.15, 0.2) is 11.6 Å². The van der Waals surface area contributed by atoms with Crippen molar-refractivity contribution in [3.05, 3.63) is 21.8 Å². The summed E-state index contributed by atoms with van der Waals surface area (Å²) < 4.78 is 5.30. The van der Waals surface area contributed by atoms with Crippen molar-refractivity contribution in [2.75, 3.05) is 13.2 Å². The second-order valence-electron chi connectivity index (χ2n) is 3.69. The van der Waals surface area contributed by atoms with Gasteiger partial charge in [0.1, 0.15) is 11.9 Å². The number of hydrogen-bond donors (Lipinski definition) is 0. The highest BCUT2D eigenvalue weighted by Gasteiger charge is 2.37. The van der Waals surface area contributed by atoms with E-state index in [2.05, 4.69) is 0 Å². The maximum absolute atomic E-state index is 11.1. The number of allylic oxidation sites excluding steroid dienone is 1. The zero-order chi connectivity index (χ0) is 10.1. The van der Waals surface area contributed by atoms with Crippen molar-refractivity contribution >= 4 is 5.78 Å². The molecular formula is C9H11NO4. The Morgan fingerprint density at radius 3 is 3.14 bits per heavy atom. The SMILES string of the molecule is O=C1CC=C2[C@@H](CO[C@@H]2C[N+](=O)[O-])C1. The van der Waals surface area contributed by atoms with Gasteiger partial charge in [-0.1, -0.05) is 6.08 Å². The molecule has 0 amide bonds. The van der Waals surface area contributed by atoms with E-state index in [0.29, 0.717) is 19.4 Å². The highest BCUT2D eigenvalue weighted by molar-refractivity contribution is 5.82. The summed E-state index contributed by atoms with van der Waals surface area (Å²) in [7, 11) is 0. The van der Waals surface area contributed by atoms with Crippen LogP contribution in [-0.4, -0.2) is 30.0 Å². The number of carbonyl (C=O) groups excluding carboxylic acids is 1. The molecule has 1 aliphatic heterocycles. The molecule has 2 rings (SSSR count).